The topological polar surface area (TPSA) is 53.3 Å². The highest BCUT2D eigenvalue weighted by molar-refractivity contribution is 6.04. The van der Waals surface area contributed by atoms with E-state index >= 15 is 0 Å². The van der Waals surface area contributed by atoms with E-state index in [1.807, 2.05) is 84.9 Å². The van der Waals surface area contributed by atoms with Crippen LogP contribution in [0.5, 0.6) is 5.75 Å². The average molecular weight is 354 g/mol. The SMILES string of the molecule is N#C[C@]1(c2ccc(OCc3ccccc3)cc2)CC(=O)N1c1ccccc1. The molecule has 132 valence electrons. The number of carbonyl (C=O) groups is 1. The molecule has 0 spiro atoms. The van der Waals surface area contributed by atoms with Gasteiger partial charge in [0.1, 0.15) is 12.4 Å². The van der Waals surface area contributed by atoms with Crippen LogP contribution in [0.25, 0.3) is 0 Å². The highest BCUT2D eigenvalue weighted by atomic mass is 16.5. The molecule has 4 heteroatoms. The van der Waals surface area contributed by atoms with E-state index in [1.54, 1.807) is 4.90 Å². The molecule has 0 aliphatic carbocycles. The number of amides is 1. The van der Waals surface area contributed by atoms with Crippen molar-refractivity contribution in [1.29, 1.82) is 5.26 Å². The van der Waals surface area contributed by atoms with Gasteiger partial charge in [-0.15, -0.1) is 0 Å². The second-order valence-corrected chi connectivity index (χ2v) is 6.51. The van der Waals surface area contributed by atoms with Crippen molar-refractivity contribution in [3.8, 4) is 11.8 Å². The van der Waals surface area contributed by atoms with Crippen LogP contribution in [0.2, 0.25) is 0 Å². The second kappa shape index (κ2) is 6.97. The number of β-lactam (4-membered cyclic amide) rings is 1. The van der Waals surface area contributed by atoms with Crippen LogP contribution in [-0.2, 0) is 16.9 Å². The Morgan fingerprint density at radius 2 is 1.56 bits per heavy atom. The number of ether oxygens (including phenoxy) is 1. The molecule has 1 amide bonds. The number of para-hydroxylation sites is 1. The summed E-state index contributed by atoms with van der Waals surface area (Å²) in [5.41, 5.74) is 1.66. The van der Waals surface area contributed by atoms with E-state index in [2.05, 4.69) is 6.07 Å². The Bertz CT molecular complexity index is 978. The summed E-state index contributed by atoms with van der Waals surface area (Å²) in [7, 11) is 0. The van der Waals surface area contributed by atoms with Crippen molar-refractivity contribution in [3.05, 3.63) is 96.1 Å². The van der Waals surface area contributed by atoms with E-state index in [0.717, 1.165) is 22.6 Å². The third-order valence-corrected chi connectivity index (χ3v) is 4.82. The molecular formula is C23H18N2O2. The van der Waals surface area contributed by atoms with E-state index < -0.39 is 5.54 Å². The molecule has 0 saturated carbocycles. The number of hydrogen-bond donors (Lipinski definition) is 0. The van der Waals surface area contributed by atoms with E-state index in [9.17, 15) is 10.1 Å². The lowest BCUT2D eigenvalue weighted by Crippen LogP contribution is -2.61. The van der Waals surface area contributed by atoms with Gasteiger partial charge in [-0.2, -0.15) is 5.26 Å². The zero-order chi connectivity index (χ0) is 18.7. The number of nitrogens with zero attached hydrogens (tertiary/aromatic N) is 2. The summed E-state index contributed by atoms with van der Waals surface area (Å²) in [5.74, 6) is 0.680. The maximum Gasteiger partial charge on any atom is 0.232 e. The maximum atomic E-state index is 12.3. The zero-order valence-corrected chi connectivity index (χ0v) is 14.7. The molecule has 0 aromatic heterocycles. The number of benzene rings is 3. The summed E-state index contributed by atoms with van der Waals surface area (Å²) in [6, 6.07) is 29.0. The molecule has 4 nitrogen and oxygen atoms in total. The first-order valence-electron chi connectivity index (χ1n) is 8.79. The fraction of sp³-hybridized carbons (Fsp3) is 0.130. The minimum absolute atomic E-state index is 0.0489. The van der Waals surface area contributed by atoms with Gasteiger partial charge in [0.25, 0.3) is 0 Å². The van der Waals surface area contributed by atoms with E-state index in [-0.39, 0.29) is 12.3 Å². The Hall–Kier alpha value is -3.58. The van der Waals surface area contributed by atoms with Crippen molar-refractivity contribution in [2.24, 2.45) is 0 Å². The van der Waals surface area contributed by atoms with Crippen molar-refractivity contribution < 1.29 is 9.53 Å². The van der Waals surface area contributed by atoms with Crippen LogP contribution < -0.4 is 9.64 Å². The average Bonchev–Trinajstić information content (AvgIpc) is 2.72. The van der Waals surface area contributed by atoms with Crippen molar-refractivity contribution in [2.45, 2.75) is 18.6 Å². The predicted molar refractivity (Wildman–Crippen MR) is 103 cm³/mol. The first-order chi connectivity index (χ1) is 13.2. The Balaban J connectivity index is 1.55. The van der Waals surface area contributed by atoms with Gasteiger partial charge < -0.3 is 4.74 Å². The quantitative estimate of drug-likeness (QED) is 0.637. The molecule has 1 saturated heterocycles. The Morgan fingerprint density at radius 1 is 0.926 bits per heavy atom. The minimum Gasteiger partial charge on any atom is -0.489 e. The monoisotopic (exact) mass is 354 g/mol. The fourth-order valence-electron chi connectivity index (χ4n) is 3.39. The van der Waals surface area contributed by atoms with Crippen LogP contribution >= 0.6 is 0 Å². The van der Waals surface area contributed by atoms with Gasteiger partial charge in [-0.05, 0) is 35.4 Å². The van der Waals surface area contributed by atoms with E-state index in [1.165, 1.54) is 0 Å². The molecule has 0 radical (unpaired) electrons. The summed E-state index contributed by atoms with van der Waals surface area (Å²) in [4.78, 5) is 13.8. The molecule has 1 fully saturated rings. The predicted octanol–water partition coefficient (Wildman–Crippen LogP) is 4.42. The highest BCUT2D eigenvalue weighted by Crippen LogP contribution is 2.44. The largest absolute Gasteiger partial charge is 0.489 e. The number of anilines is 1. The Kier molecular flexibility index (Phi) is 4.35. The molecule has 0 bridgehead atoms. The third kappa shape index (κ3) is 3.04. The van der Waals surface area contributed by atoms with Gasteiger partial charge >= 0.3 is 0 Å². The summed E-state index contributed by atoms with van der Waals surface area (Å²) < 4.78 is 5.81. The second-order valence-electron chi connectivity index (χ2n) is 6.51. The number of rotatable bonds is 5. The lowest BCUT2D eigenvalue weighted by molar-refractivity contribution is -0.126. The van der Waals surface area contributed by atoms with Gasteiger partial charge in [-0.3, -0.25) is 9.69 Å². The van der Waals surface area contributed by atoms with Gasteiger partial charge in [0.05, 0.1) is 12.5 Å². The van der Waals surface area contributed by atoms with Crippen LogP contribution in [-0.4, -0.2) is 5.91 Å². The van der Waals surface area contributed by atoms with Crippen LogP contribution in [0.15, 0.2) is 84.9 Å². The van der Waals surface area contributed by atoms with E-state index in [0.29, 0.717) is 6.61 Å². The molecule has 3 aromatic rings. The zero-order valence-electron chi connectivity index (χ0n) is 14.7. The third-order valence-electron chi connectivity index (χ3n) is 4.82. The summed E-state index contributed by atoms with van der Waals surface area (Å²) in [5, 5.41) is 9.89. The lowest BCUT2D eigenvalue weighted by Gasteiger charge is -2.47. The van der Waals surface area contributed by atoms with Crippen molar-refractivity contribution >= 4 is 11.6 Å². The van der Waals surface area contributed by atoms with Gasteiger partial charge in [0.2, 0.25) is 5.91 Å². The number of carbonyl (C=O) groups excluding carboxylic acids is 1. The van der Waals surface area contributed by atoms with Crippen molar-refractivity contribution in [1.82, 2.24) is 0 Å². The van der Waals surface area contributed by atoms with Crippen LogP contribution in [0.1, 0.15) is 17.5 Å². The maximum absolute atomic E-state index is 12.3. The molecular weight excluding hydrogens is 336 g/mol. The van der Waals surface area contributed by atoms with Crippen molar-refractivity contribution in [3.63, 3.8) is 0 Å². The number of hydrogen-bond acceptors (Lipinski definition) is 3. The van der Waals surface area contributed by atoms with Crippen LogP contribution in [0.3, 0.4) is 0 Å². The standard InChI is InChI=1S/C23H18N2O2/c24-17-23(15-22(26)25(23)20-9-5-2-6-10-20)19-11-13-21(14-12-19)27-16-18-7-3-1-4-8-18/h1-14H,15-16H2/t23-/m0/s1. The molecule has 3 aromatic carbocycles. The van der Waals surface area contributed by atoms with Crippen molar-refractivity contribution in [2.75, 3.05) is 4.90 Å². The first-order valence-corrected chi connectivity index (χ1v) is 8.79. The molecule has 1 aliphatic heterocycles. The smallest absolute Gasteiger partial charge is 0.232 e. The van der Waals surface area contributed by atoms with Gasteiger partial charge in [0, 0.05) is 5.69 Å². The van der Waals surface area contributed by atoms with Crippen LogP contribution in [0.4, 0.5) is 5.69 Å². The summed E-state index contributed by atoms with van der Waals surface area (Å²) in [6.45, 7) is 0.484. The van der Waals surface area contributed by atoms with Gasteiger partial charge in [0.15, 0.2) is 5.54 Å². The van der Waals surface area contributed by atoms with Gasteiger partial charge in [-0.25, -0.2) is 0 Å². The van der Waals surface area contributed by atoms with Gasteiger partial charge in [-0.1, -0.05) is 60.7 Å². The van der Waals surface area contributed by atoms with Crippen LogP contribution in [0, 0.1) is 11.3 Å². The molecule has 4 rings (SSSR count). The fourth-order valence-corrected chi connectivity index (χ4v) is 3.39. The molecule has 0 N–H and O–H groups in total. The first kappa shape index (κ1) is 16.9. The normalized spacial score (nSPS) is 18.5. The van der Waals surface area contributed by atoms with E-state index in [4.69, 9.17) is 4.74 Å². The lowest BCUT2D eigenvalue weighted by atomic mass is 9.78. The highest BCUT2D eigenvalue weighted by Gasteiger charge is 2.53. The Morgan fingerprint density at radius 3 is 2.15 bits per heavy atom. The molecule has 27 heavy (non-hydrogen) atoms. The molecule has 1 atom stereocenters. The molecule has 0 unspecified atom stereocenters. The molecule has 1 heterocycles. The summed E-state index contributed by atoms with van der Waals surface area (Å²) >= 11 is 0. The number of nitriles is 1. The minimum atomic E-state index is -0.962. The Labute approximate surface area is 158 Å². The summed E-state index contributed by atoms with van der Waals surface area (Å²) in [6.07, 6.45) is 0.183. The molecule has 1 aliphatic rings.